The van der Waals surface area contributed by atoms with Crippen LogP contribution in [0.3, 0.4) is 0 Å². The minimum absolute atomic E-state index is 0.432. The maximum atomic E-state index is 5.29. The highest BCUT2D eigenvalue weighted by molar-refractivity contribution is 5.79. The molecular formula is C9H22N4. The van der Waals surface area contributed by atoms with Gasteiger partial charge in [0, 0.05) is 12.6 Å². The summed E-state index contributed by atoms with van der Waals surface area (Å²) in [5.41, 5.74) is 2.55. The number of nitrogens with one attached hydrogen (secondary N) is 2. The van der Waals surface area contributed by atoms with Crippen molar-refractivity contribution >= 4 is 5.96 Å². The molecule has 0 aliphatic heterocycles. The van der Waals surface area contributed by atoms with Gasteiger partial charge in [0.2, 0.25) is 5.96 Å². The van der Waals surface area contributed by atoms with E-state index in [2.05, 4.69) is 29.6 Å². The van der Waals surface area contributed by atoms with Crippen LogP contribution in [0.4, 0.5) is 0 Å². The molecule has 13 heavy (non-hydrogen) atoms. The smallest absolute Gasteiger partial charge is 0.205 e. The summed E-state index contributed by atoms with van der Waals surface area (Å²) in [6.07, 6.45) is 3.61. The quantitative estimate of drug-likeness (QED) is 0.260. The van der Waals surface area contributed by atoms with Crippen LogP contribution >= 0.6 is 0 Å². The summed E-state index contributed by atoms with van der Waals surface area (Å²) in [7, 11) is 0. The van der Waals surface area contributed by atoms with Gasteiger partial charge in [0.05, 0.1) is 0 Å². The third-order valence-electron chi connectivity index (χ3n) is 1.83. The van der Waals surface area contributed by atoms with Gasteiger partial charge in [-0.1, -0.05) is 19.8 Å². The Morgan fingerprint density at radius 2 is 2.15 bits per heavy atom. The highest BCUT2D eigenvalue weighted by Gasteiger charge is 2.02. The Bertz CT molecular complexity index is 145. The lowest BCUT2D eigenvalue weighted by Gasteiger charge is -2.15. The molecule has 0 amide bonds. The molecule has 0 radical (unpaired) electrons. The first-order valence-corrected chi connectivity index (χ1v) is 5.02. The zero-order valence-electron chi connectivity index (χ0n) is 8.93. The Balaban J connectivity index is 3.73. The van der Waals surface area contributed by atoms with E-state index < -0.39 is 0 Å². The normalized spacial score (nSPS) is 14.0. The number of rotatable bonds is 5. The molecule has 0 bridgehead atoms. The average Bonchev–Trinajstić information content (AvgIpc) is 2.14. The van der Waals surface area contributed by atoms with Gasteiger partial charge in [0.25, 0.3) is 0 Å². The van der Waals surface area contributed by atoms with E-state index in [9.17, 15) is 0 Å². The second-order valence-corrected chi connectivity index (χ2v) is 3.15. The molecule has 78 valence electrons. The van der Waals surface area contributed by atoms with E-state index in [1.165, 1.54) is 12.8 Å². The van der Waals surface area contributed by atoms with Gasteiger partial charge in [0.1, 0.15) is 0 Å². The first kappa shape index (κ1) is 12.2. The highest BCUT2D eigenvalue weighted by Crippen LogP contribution is 1.98. The molecule has 4 nitrogen and oxygen atoms in total. The number of guanidine groups is 1. The van der Waals surface area contributed by atoms with Crippen molar-refractivity contribution in [3.8, 4) is 0 Å². The van der Waals surface area contributed by atoms with E-state index in [0.29, 0.717) is 12.0 Å². The van der Waals surface area contributed by atoms with E-state index in [0.717, 1.165) is 13.0 Å². The van der Waals surface area contributed by atoms with Crippen molar-refractivity contribution in [2.24, 2.45) is 10.8 Å². The van der Waals surface area contributed by atoms with Gasteiger partial charge in [-0.15, -0.1) is 0 Å². The summed E-state index contributed by atoms with van der Waals surface area (Å²) in [5.74, 6) is 5.98. The summed E-state index contributed by atoms with van der Waals surface area (Å²) in [6, 6.07) is 0.432. The van der Waals surface area contributed by atoms with Crippen molar-refractivity contribution in [2.45, 2.75) is 46.1 Å². The standard InChI is InChI=1S/C9H22N4/c1-4-6-7-8(3)12-9(13-10)11-5-2/h8H,4-7,10H2,1-3H3,(H2,11,12,13). The molecule has 0 aromatic rings. The summed E-state index contributed by atoms with van der Waals surface area (Å²) in [5, 5.41) is 3.22. The van der Waals surface area contributed by atoms with Crippen LogP contribution in [0.15, 0.2) is 4.99 Å². The van der Waals surface area contributed by atoms with Crippen molar-refractivity contribution in [1.82, 2.24) is 10.7 Å². The third kappa shape index (κ3) is 6.40. The Morgan fingerprint density at radius 3 is 2.62 bits per heavy atom. The number of nitrogens with two attached hydrogens (primary N) is 1. The van der Waals surface area contributed by atoms with Crippen molar-refractivity contribution in [2.75, 3.05) is 6.54 Å². The molecule has 1 atom stereocenters. The van der Waals surface area contributed by atoms with Crippen LogP contribution in [0.25, 0.3) is 0 Å². The Hall–Kier alpha value is -0.770. The Labute approximate surface area is 81.0 Å². The number of hydrogen-bond acceptors (Lipinski definition) is 2. The molecule has 4 heteroatoms. The highest BCUT2D eigenvalue weighted by atomic mass is 15.3. The lowest BCUT2D eigenvalue weighted by atomic mass is 10.1. The number of hydrogen-bond donors (Lipinski definition) is 3. The molecule has 4 N–H and O–H groups in total. The third-order valence-corrected chi connectivity index (χ3v) is 1.83. The second-order valence-electron chi connectivity index (χ2n) is 3.15. The first-order chi connectivity index (χ1) is 6.24. The summed E-state index contributed by atoms with van der Waals surface area (Å²) in [4.78, 5) is 4.16. The first-order valence-electron chi connectivity index (χ1n) is 5.02. The van der Waals surface area contributed by atoms with Crippen LogP contribution in [0.1, 0.15) is 40.0 Å². The maximum absolute atomic E-state index is 5.29. The fraction of sp³-hybridized carbons (Fsp3) is 0.889. The van der Waals surface area contributed by atoms with Gasteiger partial charge in [-0.05, 0) is 20.3 Å². The molecule has 0 aromatic carbocycles. The van der Waals surface area contributed by atoms with Crippen LogP contribution in [0.5, 0.6) is 0 Å². The van der Waals surface area contributed by atoms with Gasteiger partial charge in [-0.25, -0.2) is 5.84 Å². The molecule has 0 rings (SSSR count). The summed E-state index contributed by atoms with van der Waals surface area (Å²) >= 11 is 0. The van der Waals surface area contributed by atoms with Crippen LogP contribution in [-0.2, 0) is 0 Å². The molecule has 0 spiro atoms. The Kier molecular flexibility index (Phi) is 7.39. The number of nitrogens with zero attached hydrogens (tertiary/aromatic N) is 1. The SMILES string of the molecule is CCCCC(C)NC(=NCC)NN. The van der Waals surface area contributed by atoms with Crippen LogP contribution < -0.4 is 16.6 Å². The number of hydrazine groups is 1. The van der Waals surface area contributed by atoms with E-state index in [1.54, 1.807) is 0 Å². The van der Waals surface area contributed by atoms with Crippen molar-refractivity contribution < 1.29 is 0 Å². The van der Waals surface area contributed by atoms with Crippen LogP contribution in [0.2, 0.25) is 0 Å². The lowest BCUT2D eigenvalue weighted by molar-refractivity contribution is 0.562. The molecular weight excluding hydrogens is 164 g/mol. The molecule has 0 aliphatic carbocycles. The van der Waals surface area contributed by atoms with E-state index in [4.69, 9.17) is 5.84 Å². The summed E-state index contributed by atoms with van der Waals surface area (Å²) in [6.45, 7) is 7.05. The fourth-order valence-corrected chi connectivity index (χ4v) is 1.11. The minimum Gasteiger partial charge on any atom is -0.353 e. The van der Waals surface area contributed by atoms with Gasteiger partial charge in [-0.2, -0.15) is 0 Å². The molecule has 1 unspecified atom stereocenters. The molecule has 0 saturated carbocycles. The monoisotopic (exact) mass is 186 g/mol. The number of unbranched alkanes of at least 4 members (excludes halogenated alkanes) is 1. The van der Waals surface area contributed by atoms with Gasteiger partial charge < -0.3 is 5.32 Å². The van der Waals surface area contributed by atoms with Crippen molar-refractivity contribution in [3.63, 3.8) is 0 Å². The molecule has 0 fully saturated rings. The fourth-order valence-electron chi connectivity index (χ4n) is 1.11. The Morgan fingerprint density at radius 1 is 1.46 bits per heavy atom. The second kappa shape index (κ2) is 7.86. The van der Waals surface area contributed by atoms with E-state index >= 15 is 0 Å². The maximum Gasteiger partial charge on any atom is 0.205 e. The van der Waals surface area contributed by atoms with Gasteiger partial charge in [-0.3, -0.25) is 10.4 Å². The lowest BCUT2D eigenvalue weighted by Crippen LogP contribution is -2.45. The predicted molar refractivity (Wildman–Crippen MR) is 57.4 cm³/mol. The largest absolute Gasteiger partial charge is 0.353 e. The van der Waals surface area contributed by atoms with E-state index in [1.807, 2.05) is 6.92 Å². The topological polar surface area (TPSA) is 62.4 Å². The van der Waals surface area contributed by atoms with Gasteiger partial charge in [0.15, 0.2) is 0 Å². The molecule has 0 aromatic heterocycles. The molecule has 0 saturated heterocycles. The van der Waals surface area contributed by atoms with Crippen molar-refractivity contribution in [3.05, 3.63) is 0 Å². The predicted octanol–water partition coefficient (Wildman–Crippen LogP) is 0.994. The average molecular weight is 186 g/mol. The van der Waals surface area contributed by atoms with E-state index in [-0.39, 0.29) is 0 Å². The van der Waals surface area contributed by atoms with Crippen molar-refractivity contribution in [1.29, 1.82) is 0 Å². The zero-order chi connectivity index (χ0) is 10.1. The molecule has 0 aliphatic rings. The zero-order valence-corrected chi connectivity index (χ0v) is 8.93. The van der Waals surface area contributed by atoms with Crippen LogP contribution in [0, 0.1) is 0 Å². The minimum atomic E-state index is 0.432. The molecule has 0 heterocycles. The number of aliphatic imine (C=N–C) groups is 1. The summed E-state index contributed by atoms with van der Waals surface area (Å²) < 4.78 is 0. The van der Waals surface area contributed by atoms with Gasteiger partial charge >= 0.3 is 0 Å². The van der Waals surface area contributed by atoms with Crippen LogP contribution in [-0.4, -0.2) is 18.5 Å².